The minimum absolute atomic E-state index is 0.111. The molecule has 0 aliphatic rings. The molecule has 6 nitrogen and oxygen atoms in total. The molecule has 7 heteroatoms. The lowest BCUT2D eigenvalue weighted by Gasteiger charge is -2.12. The lowest BCUT2D eigenvalue weighted by atomic mass is 10.2. The molecular weight excluding hydrogens is 362 g/mol. The van der Waals surface area contributed by atoms with Gasteiger partial charge in [-0.05, 0) is 25.1 Å². The molecule has 2 aromatic heterocycles. The fourth-order valence-electron chi connectivity index (χ4n) is 3.05. The highest BCUT2D eigenvalue weighted by molar-refractivity contribution is 7.25. The number of carbonyl (C=O) groups is 1. The molecule has 0 aliphatic heterocycles. The summed E-state index contributed by atoms with van der Waals surface area (Å²) in [6, 6.07) is 14.9. The summed E-state index contributed by atoms with van der Waals surface area (Å²) in [5.41, 5.74) is 1.06. The van der Waals surface area contributed by atoms with Gasteiger partial charge in [0.05, 0.1) is 18.3 Å². The highest BCUT2D eigenvalue weighted by Crippen LogP contribution is 2.30. The van der Waals surface area contributed by atoms with E-state index in [9.17, 15) is 9.59 Å². The SMILES string of the molecule is COc1ccccc1NC(=O)Cn1c(C)nc2c(sc3ccccc32)c1=O. The minimum Gasteiger partial charge on any atom is -0.495 e. The van der Waals surface area contributed by atoms with E-state index in [1.54, 1.807) is 32.2 Å². The number of nitrogens with one attached hydrogen (secondary N) is 1. The monoisotopic (exact) mass is 379 g/mol. The number of anilines is 1. The molecule has 0 radical (unpaired) electrons. The van der Waals surface area contributed by atoms with E-state index < -0.39 is 0 Å². The normalized spacial score (nSPS) is 11.0. The van der Waals surface area contributed by atoms with E-state index in [1.807, 2.05) is 30.3 Å². The van der Waals surface area contributed by atoms with E-state index in [4.69, 9.17) is 4.74 Å². The van der Waals surface area contributed by atoms with Gasteiger partial charge < -0.3 is 10.1 Å². The number of aryl methyl sites for hydroxylation is 1. The number of amides is 1. The van der Waals surface area contributed by atoms with Crippen molar-refractivity contribution in [1.29, 1.82) is 0 Å². The number of nitrogens with zero attached hydrogens (tertiary/aromatic N) is 2. The lowest BCUT2D eigenvalue weighted by molar-refractivity contribution is -0.116. The van der Waals surface area contributed by atoms with E-state index in [1.165, 1.54) is 15.9 Å². The molecular formula is C20H17N3O3S. The van der Waals surface area contributed by atoms with Gasteiger partial charge in [-0.25, -0.2) is 4.98 Å². The van der Waals surface area contributed by atoms with Crippen molar-refractivity contribution in [3.8, 4) is 5.75 Å². The smallest absolute Gasteiger partial charge is 0.272 e. The van der Waals surface area contributed by atoms with Crippen LogP contribution in [0.1, 0.15) is 5.82 Å². The summed E-state index contributed by atoms with van der Waals surface area (Å²) < 4.78 is 8.22. The second-order valence-corrected chi connectivity index (χ2v) is 7.13. The lowest BCUT2D eigenvalue weighted by Crippen LogP contribution is -2.29. The summed E-state index contributed by atoms with van der Waals surface area (Å²) in [6.45, 7) is 1.63. The zero-order valence-electron chi connectivity index (χ0n) is 14.9. The van der Waals surface area contributed by atoms with Gasteiger partial charge in [0.2, 0.25) is 5.91 Å². The number of hydrogen-bond donors (Lipinski definition) is 1. The summed E-state index contributed by atoms with van der Waals surface area (Å²) >= 11 is 1.40. The average Bonchev–Trinajstić information content (AvgIpc) is 3.04. The van der Waals surface area contributed by atoms with Crippen LogP contribution in [-0.4, -0.2) is 22.6 Å². The first-order chi connectivity index (χ1) is 13.1. The highest BCUT2D eigenvalue weighted by Gasteiger charge is 2.16. The summed E-state index contributed by atoms with van der Waals surface area (Å²) in [6.07, 6.45) is 0. The fraction of sp³-hybridized carbons (Fsp3) is 0.150. The van der Waals surface area contributed by atoms with Crippen LogP contribution in [0.25, 0.3) is 20.3 Å². The van der Waals surface area contributed by atoms with Crippen molar-refractivity contribution < 1.29 is 9.53 Å². The molecule has 0 saturated heterocycles. The molecule has 0 atom stereocenters. The number of ether oxygens (including phenoxy) is 1. The molecule has 0 aliphatic carbocycles. The number of thiophene rings is 1. The highest BCUT2D eigenvalue weighted by atomic mass is 32.1. The van der Waals surface area contributed by atoms with E-state index in [2.05, 4.69) is 10.3 Å². The van der Waals surface area contributed by atoms with Crippen molar-refractivity contribution in [2.24, 2.45) is 0 Å². The Kier molecular flexibility index (Phi) is 4.37. The standard InChI is InChI=1S/C20H17N3O3S/c1-12-21-18-13-7-3-6-10-16(13)27-19(18)20(25)23(12)11-17(24)22-14-8-4-5-9-15(14)26-2/h3-10H,11H2,1-2H3,(H,22,24). The third-order valence-corrected chi connectivity index (χ3v) is 5.50. The van der Waals surface area contributed by atoms with Gasteiger partial charge in [-0.3, -0.25) is 14.2 Å². The number of carbonyl (C=O) groups excluding carboxylic acids is 1. The quantitative estimate of drug-likeness (QED) is 0.588. The molecule has 4 aromatic rings. The van der Waals surface area contributed by atoms with Crippen LogP contribution in [0.2, 0.25) is 0 Å². The van der Waals surface area contributed by atoms with Crippen LogP contribution in [0.3, 0.4) is 0 Å². The van der Waals surface area contributed by atoms with Crippen LogP contribution in [-0.2, 0) is 11.3 Å². The molecule has 1 N–H and O–H groups in total. The van der Waals surface area contributed by atoms with Crippen molar-refractivity contribution in [2.75, 3.05) is 12.4 Å². The van der Waals surface area contributed by atoms with Crippen LogP contribution in [0, 0.1) is 6.92 Å². The van der Waals surface area contributed by atoms with Gasteiger partial charge in [0, 0.05) is 10.1 Å². The molecule has 4 rings (SSSR count). The Morgan fingerprint density at radius 1 is 1.19 bits per heavy atom. The van der Waals surface area contributed by atoms with E-state index >= 15 is 0 Å². The zero-order chi connectivity index (χ0) is 19.0. The number of hydrogen-bond acceptors (Lipinski definition) is 5. The topological polar surface area (TPSA) is 73.2 Å². The first-order valence-electron chi connectivity index (χ1n) is 8.40. The number of aromatic nitrogens is 2. The Labute approximate surface area is 159 Å². The van der Waals surface area contributed by atoms with E-state index in [-0.39, 0.29) is 18.0 Å². The van der Waals surface area contributed by atoms with Gasteiger partial charge in [0.1, 0.15) is 22.8 Å². The third-order valence-electron chi connectivity index (χ3n) is 4.36. The second-order valence-electron chi connectivity index (χ2n) is 6.07. The number of para-hydroxylation sites is 2. The largest absolute Gasteiger partial charge is 0.495 e. The first-order valence-corrected chi connectivity index (χ1v) is 9.21. The maximum absolute atomic E-state index is 13.0. The Balaban J connectivity index is 1.70. The predicted molar refractivity (Wildman–Crippen MR) is 108 cm³/mol. The summed E-state index contributed by atoms with van der Waals surface area (Å²) in [7, 11) is 1.54. The minimum atomic E-state index is -0.313. The Morgan fingerprint density at radius 3 is 2.74 bits per heavy atom. The predicted octanol–water partition coefficient (Wildman–Crippen LogP) is 3.57. The van der Waals surface area contributed by atoms with Crippen molar-refractivity contribution in [3.63, 3.8) is 0 Å². The Hall–Kier alpha value is -3.19. The van der Waals surface area contributed by atoms with Crippen LogP contribution in [0.15, 0.2) is 53.3 Å². The Bertz CT molecular complexity index is 1230. The van der Waals surface area contributed by atoms with E-state index in [0.29, 0.717) is 27.5 Å². The van der Waals surface area contributed by atoms with Crippen LogP contribution in [0.5, 0.6) is 5.75 Å². The van der Waals surface area contributed by atoms with Crippen molar-refractivity contribution >= 4 is 43.2 Å². The fourth-order valence-corrected chi connectivity index (χ4v) is 4.14. The number of fused-ring (bicyclic) bond motifs is 3. The number of benzene rings is 2. The second kappa shape index (κ2) is 6.85. The molecule has 0 unspecified atom stereocenters. The van der Waals surface area contributed by atoms with Gasteiger partial charge in [0.25, 0.3) is 5.56 Å². The van der Waals surface area contributed by atoms with Crippen molar-refractivity contribution in [2.45, 2.75) is 13.5 Å². The zero-order valence-corrected chi connectivity index (χ0v) is 15.7. The van der Waals surface area contributed by atoms with Gasteiger partial charge in [0.15, 0.2) is 0 Å². The number of methoxy groups -OCH3 is 1. The molecule has 136 valence electrons. The molecule has 27 heavy (non-hydrogen) atoms. The van der Waals surface area contributed by atoms with Crippen molar-refractivity contribution in [1.82, 2.24) is 9.55 Å². The maximum Gasteiger partial charge on any atom is 0.272 e. The molecule has 0 saturated carbocycles. The van der Waals surface area contributed by atoms with Gasteiger partial charge >= 0.3 is 0 Å². The van der Waals surface area contributed by atoms with Gasteiger partial charge in [-0.15, -0.1) is 11.3 Å². The maximum atomic E-state index is 13.0. The summed E-state index contributed by atoms with van der Waals surface area (Å²) in [5.74, 6) is 0.756. The van der Waals surface area contributed by atoms with Crippen LogP contribution < -0.4 is 15.6 Å². The number of rotatable bonds is 4. The summed E-state index contributed by atoms with van der Waals surface area (Å²) in [5, 5.41) is 3.75. The van der Waals surface area contributed by atoms with Crippen LogP contribution in [0.4, 0.5) is 5.69 Å². The Morgan fingerprint density at radius 2 is 1.93 bits per heavy atom. The van der Waals surface area contributed by atoms with Crippen LogP contribution >= 0.6 is 11.3 Å². The molecule has 2 aromatic carbocycles. The molecule has 0 bridgehead atoms. The molecule has 2 heterocycles. The molecule has 0 spiro atoms. The molecule has 0 fully saturated rings. The van der Waals surface area contributed by atoms with Gasteiger partial charge in [-0.1, -0.05) is 30.3 Å². The third kappa shape index (κ3) is 3.06. The van der Waals surface area contributed by atoms with Gasteiger partial charge in [-0.2, -0.15) is 0 Å². The molecule has 1 amide bonds. The van der Waals surface area contributed by atoms with Crippen molar-refractivity contribution in [3.05, 3.63) is 64.7 Å². The first kappa shape index (κ1) is 17.2. The average molecular weight is 379 g/mol. The van der Waals surface area contributed by atoms with E-state index in [0.717, 1.165) is 10.1 Å². The summed E-state index contributed by atoms with van der Waals surface area (Å²) in [4.78, 5) is 30.1.